The molecule has 0 fully saturated rings. The van der Waals surface area contributed by atoms with E-state index in [1.807, 2.05) is 0 Å². The Morgan fingerprint density at radius 2 is 1.50 bits per heavy atom. The van der Waals surface area contributed by atoms with Gasteiger partial charge in [-0.1, -0.05) is 64.2 Å². The number of allylic oxidation sites excluding steroid dienone is 1. The summed E-state index contributed by atoms with van der Waals surface area (Å²) >= 11 is 4.71. The molecule has 0 spiro atoms. The van der Waals surface area contributed by atoms with E-state index in [1.54, 1.807) is 5.41 Å². The van der Waals surface area contributed by atoms with Gasteiger partial charge >= 0.3 is 0 Å². The van der Waals surface area contributed by atoms with Gasteiger partial charge in [-0.2, -0.15) is 0 Å². The van der Waals surface area contributed by atoms with Crippen LogP contribution in [0.1, 0.15) is 58.3 Å². The van der Waals surface area contributed by atoms with Crippen LogP contribution in [0, 0.1) is 0 Å². The lowest BCUT2D eigenvalue weighted by atomic mass is 10.1. The van der Waals surface area contributed by atoms with Crippen molar-refractivity contribution in [3.8, 4) is 0 Å². The van der Waals surface area contributed by atoms with Crippen molar-refractivity contribution in [3.05, 3.63) is 11.5 Å². The highest BCUT2D eigenvalue weighted by atomic mass is 32.1. The first-order valence-corrected chi connectivity index (χ1v) is 5.66. The van der Waals surface area contributed by atoms with E-state index < -0.39 is 0 Å². The first-order chi connectivity index (χ1) is 5.91. The molecular formula is C11H21S. The Bertz CT molecular complexity index is 97.2. The number of rotatable bonds is 8. The van der Waals surface area contributed by atoms with Gasteiger partial charge in [-0.3, -0.25) is 0 Å². The van der Waals surface area contributed by atoms with E-state index in [4.69, 9.17) is 12.6 Å². The summed E-state index contributed by atoms with van der Waals surface area (Å²) in [7, 11) is 0. The van der Waals surface area contributed by atoms with Crippen LogP contribution in [0.3, 0.4) is 0 Å². The maximum atomic E-state index is 4.71. The molecule has 0 rings (SSSR count). The summed E-state index contributed by atoms with van der Waals surface area (Å²) in [6.45, 7) is 2.26. The molecule has 0 bridgehead atoms. The maximum Gasteiger partial charge on any atom is -0.00265 e. The summed E-state index contributed by atoms with van der Waals surface area (Å²) in [5.41, 5.74) is 0. The van der Waals surface area contributed by atoms with E-state index in [-0.39, 0.29) is 0 Å². The second-order valence-corrected chi connectivity index (χ2v) is 3.55. The van der Waals surface area contributed by atoms with Crippen molar-refractivity contribution in [2.75, 3.05) is 0 Å². The predicted molar refractivity (Wildman–Crippen MR) is 59.3 cm³/mol. The standard InChI is InChI=1S/C11H21S/c1-2-3-4-5-6-7-8-9-10-11-12/h10-11H,2-9H2,1H3. The van der Waals surface area contributed by atoms with Crippen LogP contribution in [0.2, 0.25) is 0 Å². The normalized spacial score (nSPS) is 11.1. The van der Waals surface area contributed by atoms with Gasteiger partial charge in [-0.25, -0.2) is 0 Å². The van der Waals surface area contributed by atoms with E-state index in [9.17, 15) is 0 Å². The molecule has 71 valence electrons. The third-order valence-electron chi connectivity index (χ3n) is 2.07. The fourth-order valence-corrected chi connectivity index (χ4v) is 1.42. The molecule has 0 N–H and O–H groups in total. The Hall–Kier alpha value is -0.0400. The second-order valence-electron chi connectivity index (χ2n) is 3.28. The fourth-order valence-electron chi connectivity index (χ4n) is 1.29. The average molecular weight is 185 g/mol. The molecule has 0 aliphatic rings. The zero-order chi connectivity index (χ0) is 9.07. The van der Waals surface area contributed by atoms with Gasteiger partial charge in [0.1, 0.15) is 0 Å². The molecule has 0 nitrogen and oxygen atoms in total. The molecule has 0 aromatic heterocycles. The van der Waals surface area contributed by atoms with Gasteiger partial charge in [0, 0.05) is 0 Å². The molecule has 0 aliphatic carbocycles. The average Bonchev–Trinajstić information content (AvgIpc) is 2.10. The van der Waals surface area contributed by atoms with Crippen LogP contribution in [0.5, 0.6) is 0 Å². The van der Waals surface area contributed by atoms with Crippen LogP contribution in [-0.4, -0.2) is 0 Å². The number of unbranched alkanes of at least 4 members (excludes halogenated alkanes) is 7. The summed E-state index contributed by atoms with van der Waals surface area (Å²) < 4.78 is 0. The van der Waals surface area contributed by atoms with Crippen molar-refractivity contribution in [1.29, 1.82) is 0 Å². The Morgan fingerprint density at radius 1 is 0.917 bits per heavy atom. The minimum atomic E-state index is 1.18. The van der Waals surface area contributed by atoms with Crippen LogP contribution >= 0.6 is 12.6 Å². The minimum Gasteiger partial charge on any atom is -0.0891 e. The van der Waals surface area contributed by atoms with E-state index >= 15 is 0 Å². The summed E-state index contributed by atoms with van der Waals surface area (Å²) in [5.74, 6) is 0. The van der Waals surface area contributed by atoms with Crippen LogP contribution in [0.15, 0.2) is 11.5 Å². The molecule has 1 radical (unpaired) electrons. The second kappa shape index (κ2) is 11.0. The van der Waals surface area contributed by atoms with Crippen molar-refractivity contribution in [2.24, 2.45) is 0 Å². The van der Waals surface area contributed by atoms with Gasteiger partial charge in [0.15, 0.2) is 0 Å². The summed E-state index contributed by atoms with van der Waals surface area (Å²) in [6.07, 6.45) is 13.0. The SMILES string of the molecule is CCCCCCCCCC=C[S]. The molecular weight excluding hydrogens is 164 g/mol. The van der Waals surface area contributed by atoms with E-state index in [0.717, 1.165) is 0 Å². The maximum absolute atomic E-state index is 4.71. The monoisotopic (exact) mass is 185 g/mol. The van der Waals surface area contributed by atoms with Gasteiger partial charge in [-0.15, -0.1) is 0 Å². The Labute approximate surface area is 82.9 Å². The van der Waals surface area contributed by atoms with Crippen LogP contribution in [-0.2, 0) is 0 Å². The van der Waals surface area contributed by atoms with Crippen LogP contribution < -0.4 is 0 Å². The summed E-state index contributed by atoms with van der Waals surface area (Å²) in [5, 5.41) is 1.73. The van der Waals surface area contributed by atoms with E-state index in [2.05, 4.69) is 13.0 Å². The molecule has 0 unspecified atom stereocenters. The first kappa shape index (κ1) is 12.0. The van der Waals surface area contributed by atoms with Crippen molar-refractivity contribution < 1.29 is 0 Å². The number of hydrogen-bond donors (Lipinski definition) is 0. The molecule has 12 heavy (non-hydrogen) atoms. The molecule has 0 saturated carbocycles. The summed E-state index contributed by atoms with van der Waals surface area (Å²) in [6, 6.07) is 0. The third-order valence-corrected chi connectivity index (χ3v) is 2.26. The highest BCUT2D eigenvalue weighted by Gasteiger charge is 1.88. The lowest BCUT2D eigenvalue weighted by molar-refractivity contribution is 0.592. The molecule has 0 aromatic rings. The Balaban J connectivity index is 2.81. The lowest BCUT2D eigenvalue weighted by Gasteiger charge is -1.98. The van der Waals surface area contributed by atoms with Gasteiger partial charge in [0.05, 0.1) is 0 Å². The molecule has 0 amide bonds. The minimum absolute atomic E-state index is 1.18. The number of hydrogen-bond acceptors (Lipinski definition) is 0. The van der Waals surface area contributed by atoms with Crippen molar-refractivity contribution in [3.63, 3.8) is 0 Å². The molecule has 1 heteroatoms. The smallest absolute Gasteiger partial charge is 0.00265 e. The van der Waals surface area contributed by atoms with Gasteiger partial charge in [0.25, 0.3) is 0 Å². The first-order valence-electron chi connectivity index (χ1n) is 5.18. The van der Waals surface area contributed by atoms with Gasteiger partial charge in [-0.05, 0) is 18.2 Å². The zero-order valence-corrected chi connectivity index (χ0v) is 9.04. The highest BCUT2D eigenvalue weighted by molar-refractivity contribution is 7.83. The molecule has 0 aliphatic heterocycles. The quantitative estimate of drug-likeness (QED) is 0.475. The molecule has 0 heterocycles. The van der Waals surface area contributed by atoms with Crippen LogP contribution in [0.25, 0.3) is 0 Å². The van der Waals surface area contributed by atoms with Gasteiger partial charge in [0.2, 0.25) is 0 Å². The lowest BCUT2D eigenvalue weighted by Crippen LogP contribution is -1.78. The highest BCUT2D eigenvalue weighted by Crippen LogP contribution is 2.08. The Morgan fingerprint density at radius 3 is 2.08 bits per heavy atom. The fraction of sp³-hybridized carbons (Fsp3) is 0.818. The topological polar surface area (TPSA) is 0 Å². The molecule has 0 aromatic carbocycles. The van der Waals surface area contributed by atoms with Crippen molar-refractivity contribution in [1.82, 2.24) is 0 Å². The van der Waals surface area contributed by atoms with Crippen LogP contribution in [0.4, 0.5) is 0 Å². The van der Waals surface area contributed by atoms with Gasteiger partial charge < -0.3 is 0 Å². The van der Waals surface area contributed by atoms with Crippen molar-refractivity contribution >= 4 is 12.6 Å². The summed E-state index contributed by atoms with van der Waals surface area (Å²) in [4.78, 5) is 0. The Kier molecular flexibility index (Phi) is 10.9. The molecule has 0 saturated heterocycles. The van der Waals surface area contributed by atoms with Crippen molar-refractivity contribution in [2.45, 2.75) is 58.3 Å². The van der Waals surface area contributed by atoms with E-state index in [1.165, 1.54) is 51.4 Å². The van der Waals surface area contributed by atoms with E-state index in [0.29, 0.717) is 0 Å². The zero-order valence-electron chi connectivity index (χ0n) is 8.22. The largest absolute Gasteiger partial charge is 0.0891 e. The third kappa shape index (κ3) is 9.96. The molecule has 0 atom stereocenters. The predicted octanol–water partition coefficient (Wildman–Crippen LogP) is 4.84.